The molecule has 2 saturated heterocycles. The highest BCUT2D eigenvalue weighted by atomic mass is 16.6. The highest BCUT2D eigenvalue weighted by Gasteiger charge is 2.45. The van der Waals surface area contributed by atoms with Gasteiger partial charge in [-0.1, -0.05) is 26.7 Å². The van der Waals surface area contributed by atoms with Gasteiger partial charge < -0.3 is 18.9 Å². The van der Waals surface area contributed by atoms with Gasteiger partial charge in [0.1, 0.15) is 25.4 Å². The molecule has 0 spiro atoms. The molecule has 24 heavy (non-hydrogen) atoms. The Bertz CT molecular complexity index is 414. The summed E-state index contributed by atoms with van der Waals surface area (Å²) in [7, 11) is 0. The summed E-state index contributed by atoms with van der Waals surface area (Å²) in [4.78, 5) is 25.1. The molecule has 1 saturated carbocycles. The van der Waals surface area contributed by atoms with E-state index in [9.17, 15) is 9.59 Å². The number of carbonyl (C=O) groups excluding carboxylic acids is 2. The van der Waals surface area contributed by atoms with Crippen molar-refractivity contribution in [3.63, 3.8) is 0 Å². The fourth-order valence-corrected chi connectivity index (χ4v) is 3.78. The molecule has 6 unspecified atom stereocenters. The highest BCUT2D eigenvalue weighted by Crippen LogP contribution is 2.42. The third-order valence-electron chi connectivity index (χ3n) is 5.55. The molecule has 0 bridgehead atoms. The lowest BCUT2D eigenvalue weighted by molar-refractivity contribution is -0.166. The maximum atomic E-state index is 12.5. The number of hydrogen-bond donors (Lipinski definition) is 0. The Labute approximate surface area is 143 Å². The summed E-state index contributed by atoms with van der Waals surface area (Å²) in [5.74, 6) is -0.430. The molecule has 6 nitrogen and oxygen atoms in total. The lowest BCUT2D eigenvalue weighted by atomic mass is 9.66. The van der Waals surface area contributed by atoms with Crippen LogP contribution in [0.25, 0.3) is 0 Å². The molecule has 3 fully saturated rings. The van der Waals surface area contributed by atoms with Gasteiger partial charge in [0.15, 0.2) is 0 Å². The number of ether oxygens (including phenoxy) is 4. The van der Waals surface area contributed by atoms with Crippen molar-refractivity contribution in [1.82, 2.24) is 0 Å². The molecule has 0 aromatic heterocycles. The zero-order valence-electron chi connectivity index (χ0n) is 14.6. The SMILES string of the molecule is CCC1CC(C(=O)OCC2CO2)C(C(=O)OCC2CO2)CC1CC. The molecule has 0 aromatic rings. The van der Waals surface area contributed by atoms with Crippen molar-refractivity contribution in [3.05, 3.63) is 0 Å². The first-order valence-corrected chi connectivity index (χ1v) is 9.18. The summed E-state index contributed by atoms with van der Waals surface area (Å²) in [5.41, 5.74) is 0. The second-order valence-corrected chi connectivity index (χ2v) is 7.19. The standard InChI is InChI=1S/C18H28O6/c1-3-11-5-15(17(19)23-9-13-7-21-13)16(6-12(11)4-2)18(20)24-10-14-8-22-14/h11-16H,3-10H2,1-2H3. The fraction of sp³-hybridized carbons (Fsp3) is 0.889. The minimum Gasteiger partial charge on any atom is -0.463 e. The summed E-state index contributed by atoms with van der Waals surface area (Å²) >= 11 is 0. The fourth-order valence-electron chi connectivity index (χ4n) is 3.78. The summed E-state index contributed by atoms with van der Waals surface area (Å²) in [6.45, 7) is 6.19. The average molecular weight is 340 g/mol. The van der Waals surface area contributed by atoms with Gasteiger partial charge in [0.25, 0.3) is 0 Å². The van der Waals surface area contributed by atoms with Crippen molar-refractivity contribution in [3.8, 4) is 0 Å². The van der Waals surface area contributed by atoms with Gasteiger partial charge in [-0.3, -0.25) is 9.59 Å². The van der Waals surface area contributed by atoms with Crippen LogP contribution in [0.3, 0.4) is 0 Å². The maximum absolute atomic E-state index is 12.5. The van der Waals surface area contributed by atoms with Gasteiger partial charge in [-0.25, -0.2) is 0 Å². The summed E-state index contributed by atoms with van der Waals surface area (Å²) in [6.07, 6.45) is 3.54. The van der Waals surface area contributed by atoms with Crippen LogP contribution in [0, 0.1) is 23.7 Å². The van der Waals surface area contributed by atoms with E-state index in [0.717, 1.165) is 12.8 Å². The van der Waals surface area contributed by atoms with Crippen molar-refractivity contribution in [2.24, 2.45) is 23.7 Å². The first-order chi connectivity index (χ1) is 11.6. The molecule has 2 heterocycles. The largest absolute Gasteiger partial charge is 0.463 e. The van der Waals surface area contributed by atoms with Gasteiger partial charge in [0, 0.05) is 0 Å². The Balaban J connectivity index is 1.63. The molecule has 3 rings (SSSR count). The lowest BCUT2D eigenvalue weighted by Gasteiger charge is -2.38. The van der Waals surface area contributed by atoms with Crippen molar-refractivity contribution < 1.29 is 28.5 Å². The Morgan fingerprint density at radius 3 is 1.50 bits per heavy atom. The molecule has 1 aliphatic carbocycles. The van der Waals surface area contributed by atoms with Gasteiger partial charge in [-0.05, 0) is 24.7 Å². The minimum absolute atomic E-state index is 0.0420. The van der Waals surface area contributed by atoms with Gasteiger partial charge >= 0.3 is 11.9 Å². The van der Waals surface area contributed by atoms with E-state index in [-0.39, 0.29) is 24.1 Å². The maximum Gasteiger partial charge on any atom is 0.309 e. The van der Waals surface area contributed by atoms with E-state index in [1.165, 1.54) is 0 Å². The van der Waals surface area contributed by atoms with Crippen molar-refractivity contribution >= 4 is 11.9 Å². The van der Waals surface area contributed by atoms with Gasteiger partial charge in [0.05, 0.1) is 25.0 Å². The third-order valence-corrected chi connectivity index (χ3v) is 5.55. The first kappa shape index (κ1) is 17.7. The average Bonchev–Trinajstić information content (AvgIpc) is 3.49. The van der Waals surface area contributed by atoms with E-state index in [1.807, 2.05) is 0 Å². The lowest BCUT2D eigenvalue weighted by Crippen LogP contribution is -2.41. The molecular weight excluding hydrogens is 312 g/mol. The van der Waals surface area contributed by atoms with Crippen molar-refractivity contribution in [2.75, 3.05) is 26.4 Å². The van der Waals surface area contributed by atoms with Crippen molar-refractivity contribution in [2.45, 2.75) is 51.7 Å². The smallest absolute Gasteiger partial charge is 0.309 e. The topological polar surface area (TPSA) is 77.7 Å². The number of epoxide rings is 2. The van der Waals surface area contributed by atoms with Crippen LogP contribution in [0.15, 0.2) is 0 Å². The molecule has 2 aliphatic heterocycles. The Morgan fingerprint density at radius 1 is 0.833 bits per heavy atom. The molecule has 0 aromatic carbocycles. The number of esters is 2. The van der Waals surface area contributed by atoms with Crippen LogP contribution in [0.5, 0.6) is 0 Å². The van der Waals surface area contributed by atoms with Crippen LogP contribution >= 0.6 is 0 Å². The van der Waals surface area contributed by atoms with Crippen LogP contribution < -0.4 is 0 Å². The Hall–Kier alpha value is -1.14. The predicted molar refractivity (Wildman–Crippen MR) is 85.2 cm³/mol. The Kier molecular flexibility index (Phi) is 5.76. The Morgan fingerprint density at radius 2 is 1.21 bits per heavy atom. The van der Waals surface area contributed by atoms with Gasteiger partial charge in [-0.2, -0.15) is 0 Å². The van der Waals surface area contributed by atoms with Crippen LogP contribution in [-0.2, 0) is 28.5 Å². The van der Waals surface area contributed by atoms with Gasteiger partial charge in [-0.15, -0.1) is 0 Å². The third kappa shape index (κ3) is 4.48. The zero-order valence-corrected chi connectivity index (χ0v) is 14.6. The first-order valence-electron chi connectivity index (χ1n) is 9.18. The highest BCUT2D eigenvalue weighted by molar-refractivity contribution is 5.82. The van der Waals surface area contributed by atoms with Gasteiger partial charge in [0.2, 0.25) is 0 Å². The summed E-state index contributed by atoms with van der Waals surface area (Å²) in [5, 5.41) is 0. The molecule has 0 N–H and O–H groups in total. The molecule has 6 atom stereocenters. The van der Waals surface area contributed by atoms with E-state index in [4.69, 9.17) is 18.9 Å². The van der Waals surface area contributed by atoms with E-state index < -0.39 is 11.8 Å². The molecular formula is C18H28O6. The molecule has 0 amide bonds. The summed E-state index contributed by atoms with van der Waals surface area (Å²) < 4.78 is 21.0. The molecule has 136 valence electrons. The zero-order chi connectivity index (χ0) is 17.1. The number of rotatable bonds is 8. The monoisotopic (exact) mass is 340 g/mol. The second-order valence-electron chi connectivity index (χ2n) is 7.19. The van der Waals surface area contributed by atoms with E-state index in [2.05, 4.69) is 13.8 Å². The molecule has 0 radical (unpaired) electrons. The van der Waals surface area contributed by atoms with E-state index in [0.29, 0.717) is 51.1 Å². The normalized spacial score (nSPS) is 37.6. The van der Waals surface area contributed by atoms with Crippen molar-refractivity contribution in [1.29, 1.82) is 0 Å². The second kappa shape index (κ2) is 7.83. The van der Waals surface area contributed by atoms with E-state index >= 15 is 0 Å². The van der Waals surface area contributed by atoms with Crippen LogP contribution in [-0.4, -0.2) is 50.6 Å². The van der Waals surface area contributed by atoms with E-state index in [1.54, 1.807) is 0 Å². The van der Waals surface area contributed by atoms with Crippen LogP contribution in [0.1, 0.15) is 39.5 Å². The molecule has 3 aliphatic rings. The minimum atomic E-state index is -0.399. The van der Waals surface area contributed by atoms with Crippen LogP contribution in [0.2, 0.25) is 0 Å². The summed E-state index contributed by atoms with van der Waals surface area (Å²) in [6, 6.07) is 0. The molecule has 6 heteroatoms. The number of carbonyl (C=O) groups is 2. The number of hydrogen-bond acceptors (Lipinski definition) is 6. The quantitative estimate of drug-likeness (QED) is 0.496. The predicted octanol–water partition coefficient (Wildman–Crippen LogP) is 1.95. The van der Waals surface area contributed by atoms with Crippen LogP contribution in [0.4, 0.5) is 0 Å².